The molecule has 0 saturated carbocycles. The fourth-order valence-corrected chi connectivity index (χ4v) is 3.50. The van der Waals surface area contributed by atoms with Crippen LogP contribution in [-0.2, 0) is 42.1 Å². The Morgan fingerprint density at radius 1 is 0.900 bits per heavy atom. The van der Waals surface area contributed by atoms with Crippen molar-refractivity contribution in [3.63, 3.8) is 0 Å². The topological polar surface area (TPSA) is 46.4 Å². The van der Waals surface area contributed by atoms with E-state index in [0.717, 1.165) is 16.8 Å². The number of anilines is 1. The maximum atomic E-state index is 6.57. The molecule has 0 N–H and O–H groups in total. The van der Waals surface area contributed by atoms with Crippen molar-refractivity contribution in [2.75, 3.05) is 11.9 Å². The molecule has 0 radical (unpaired) electrons. The molecule has 40 heavy (non-hydrogen) atoms. The Balaban J connectivity index is 0.000000431. The van der Waals surface area contributed by atoms with E-state index in [1.165, 1.54) is 0 Å². The molecular weight excluding hydrogens is 861 g/mol. The second-order valence-electron chi connectivity index (χ2n) is 8.02. The zero-order valence-corrected chi connectivity index (χ0v) is 25.6. The number of hydrogen-bond acceptors (Lipinski definition) is 5. The van der Waals surface area contributed by atoms with Crippen molar-refractivity contribution >= 4 is 5.69 Å². The quantitative estimate of drug-likeness (QED) is 0.165. The third kappa shape index (κ3) is 8.05. The van der Waals surface area contributed by atoms with Gasteiger partial charge in [0.25, 0.3) is 0 Å². The van der Waals surface area contributed by atoms with E-state index in [9.17, 15) is 0 Å². The summed E-state index contributed by atoms with van der Waals surface area (Å²) in [5.41, 5.74) is 3.88. The Morgan fingerprint density at radius 3 is 2.42 bits per heavy atom. The van der Waals surface area contributed by atoms with E-state index in [4.69, 9.17) is 11.2 Å². The van der Waals surface area contributed by atoms with Gasteiger partial charge in [0.15, 0.2) is 0 Å². The third-order valence-corrected chi connectivity index (χ3v) is 5.29. The second-order valence-corrected chi connectivity index (χ2v) is 8.02. The first kappa shape index (κ1) is 30.6. The van der Waals surface area contributed by atoms with Gasteiger partial charge in [-0.25, -0.2) is 23.2 Å². The van der Waals surface area contributed by atoms with Gasteiger partial charge in [0, 0.05) is 39.2 Å². The molecule has 0 unspecified atom stereocenters. The van der Waals surface area contributed by atoms with Crippen LogP contribution in [0.3, 0.4) is 0 Å². The molecule has 1 aliphatic heterocycles. The van der Waals surface area contributed by atoms with Crippen LogP contribution in [0.4, 0.5) is 5.69 Å². The summed E-state index contributed by atoms with van der Waals surface area (Å²) >= 11 is 0. The van der Waals surface area contributed by atoms with E-state index in [0.29, 0.717) is 22.8 Å². The summed E-state index contributed by atoms with van der Waals surface area (Å²) in [6.45, 7) is 1.96. The van der Waals surface area contributed by atoms with Gasteiger partial charge >= 0.3 is 21.1 Å². The van der Waals surface area contributed by atoms with Gasteiger partial charge in [-0.05, 0) is 37.8 Å². The summed E-state index contributed by atoms with van der Waals surface area (Å²) in [6, 6.07) is 35.0. The van der Waals surface area contributed by atoms with Crippen molar-refractivity contribution in [2.24, 2.45) is 0 Å². The van der Waals surface area contributed by atoms with E-state index < -0.39 is 0 Å². The first-order valence-corrected chi connectivity index (χ1v) is 11.6. The van der Waals surface area contributed by atoms with Gasteiger partial charge in [-0.15, -0.1) is 30.0 Å². The maximum Gasteiger partial charge on any atom is 4.00 e. The van der Waals surface area contributed by atoms with Crippen LogP contribution >= 0.6 is 0 Å². The molecule has 202 valence electrons. The minimum Gasteiger partial charge on any atom is -0.669 e. The van der Waals surface area contributed by atoms with Crippen LogP contribution in [0.5, 0.6) is 11.5 Å². The summed E-state index contributed by atoms with van der Waals surface area (Å²) in [7, 11) is 1.97. The van der Waals surface area contributed by atoms with Gasteiger partial charge in [0.2, 0.25) is 0 Å². The number of ether oxygens (including phenoxy) is 1. The smallest absolute Gasteiger partial charge is 0.669 e. The normalized spacial score (nSPS) is 11.4. The minimum absolute atomic E-state index is 0. The van der Waals surface area contributed by atoms with E-state index in [2.05, 4.69) is 46.3 Å². The largest absolute Gasteiger partial charge is 4.00 e. The Bertz CT molecular complexity index is 1570. The number of benzene rings is 2. The molecule has 0 amide bonds. The molecule has 0 saturated heterocycles. The van der Waals surface area contributed by atoms with E-state index in [-0.39, 0.29) is 42.1 Å². The molecule has 0 bridgehead atoms. The standard InChI is InChI=1S/C26H16N4O.C6H4N.2Pt/c1-29-13-14-30(19-29)23-7-3-9-25(17-23)31-24-8-2-5-21(15-24)26-16-20(10-12-28-26)22-6-4-11-27-18-22;1-2-7-5-3-4-6-7;;/h2-4,7-14,18-19H,1H3;3-6H;;/q-6;-1;;+4. The van der Waals surface area contributed by atoms with E-state index in [1.54, 1.807) is 53.8 Å². The molecule has 8 heteroatoms. The third-order valence-electron chi connectivity index (χ3n) is 5.29. The van der Waals surface area contributed by atoms with Gasteiger partial charge in [0.05, 0.1) is 0 Å². The molecule has 4 heterocycles. The summed E-state index contributed by atoms with van der Waals surface area (Å²) < 4.78 is 7.56. The Labute approximate surface area is 263 Å². The van der Waals surface area contributed by atoms with E-state index in [1.807, 2.05) is 72.3 Å². The van der Waals surface area contributed by atoms with Crippen LogP contribution in [0.1, 0.15) is 0 Å². The number of aromatic nitrogens is 3. The van der Waals surface area contributed by atoms with Gasteiger partial charge in [-0.2, -0.15) is 36.6 Å². The molecule has 6 rings (SSSR count). The average Bonchev–Trinajstić information content (AvgIpc) is 3.66. The van der Waals surface area contributed by atoms with Crippen molar-refractivity contribution in [3.8, 4) is 39.9 Å². The zero-order chi connectivity index (χ0) is 26.2. The van der Waals surface area contributed by atoms with Crippen molar-refractivity contribution in [3.05, 3.63) is 141 Å². The van der Waals surface area contributed by atoms with Gasteiger partial charge < -0.3 is 47.1 Å². The predicted octanol–water partition coefficient (Wildman–Crippen LogP) is 5.82. The molecular formula is C32H20N5OPt2-3. The van der Waals surface area contributed by atoms with Crippen molar-refractivity contribution in [1.29, 1.82) is 0 Å². The van der Waals surface area contributed by atoms with Gasteiger partial charge in [0.1, 0.15) is 0 Å². The Hall–Kier alpha value is -3.90. The maximum absolute atomic E-state index is 6.57. The molecule has 0 aliphatic carbocycles. The number of hydrogen-bond donors (Lipinski definition) is 0. The Morgan fingerprint density at radius 2 is 1.73 bits per heavy atom. The van der Waals surface area contributed by atoms with Crippen LogP contribution in [0.25, 0.3) is 22.4 Å². The molecule has 0 atom stereocenters. The van der Waals surface area contributed by atoms with Crippen LogP contribution in [0.15, 0.2) is 98.0 Å². The number of pyridine rings is 2. The summed E-state index contributed by atoms with van der Waals surface area (Å²) in [5, 5.41) is 0. The molecule has 1 aliphatic rings. The first-order chi connectivity index (χ1) is 18.7. The first-order valence-electron chi connectivity index (χ1n) is 11.6. The van der Waals surface area contributed by atoms with Crippen molar-refractivity contribution in [2.45, 2.75) is 0 Å². The summed E-state index contributed by atoms with van der Waals surface area (Å²) in [4.78, 5) is 12.5. The second kappa shape index (κ2) is 15.0. The number of rotatable bonds is 5. The SMILES string of the molecule is CN1C=CN(c2[c-]c(Oc3[c-]c(-c4[c-]c(-c5[c-]ccnc5)ccn4)[c-]cc3)ccc2)[CH-]1.[C-]#Cn1cccc1.[Pt+4].[Pt]. The monoisotopic (exact) mass is 880 g/mol. The van der Waals surface area contributed by atoms with Crippen molar-refractivity contribution < 1.29 is 46.9 Å². The fraction of sp³-hybridized carbons (Fsp3) is 0.0312. The van der Waals surface area contributed by atoms with Crippen LogP contribution < -0.4 is 9.64 Å². The van der Waals surface area contributed by atoms with Crippen LogP contribution in [0.2, 0.25) is 0 Å². The van der Waals surface area contributed by atoms with Crippen molar-refractivity contribution in [1.82, 2.24) is 19.4 Å². The molecule has 2 aromatic carbocycles. The molecule has 6 nitrogen and oxygen atoms in total. The molecule has 3 aromatic heterocycles. The fourth-order valence-electron chi connectivity index (χ4n) is 3.50. The molecule has 0 spiro atoms. The number of nitrogens with zero attached hydrogens (tertiary/aromatic N) is 5. The van der Waals surface area contributed by atoms with Gasteiger partial charge in [-0.1, -0.05) is 18.1 Å². The van der Waals surface area contributed by atoms with Gasteiger partial charge in [-0.3, -0.25) is 12.1 Å². The van der Waals surface area contributed by atoms with Crippen LogP contribution in [0, 0.1) is 49.5 Å². The molecule has 5 aromatic rings. The summed E-state index contributed by atoms with van der Waals surface area (Å²) in [5.74, 6) is 1.15. The minimum atomic E-state index is 0. The summed E-state index contributed by atoms with van der Waals surface area (Å²) in [6.07, 6.45) is 19.2. The van der Waals surface area contributed by atoms with E-state index >= 15 is 0 Å². The average molecular weight is 881 g/mol. The zero-order valence-electron chi connectivity index (χ0n) is 21.1. The molecule has 0 fully saturated rings. The Kier molecular flexibility index (Phi) is 11.5. The van der Waals surface area contributed by atoms with Crippen LogP contribution in [-0.4, -0.2) is 26.5 Å². The predicted molar refractivity (Wildman–Crippen MR) is 144 cm³/mol.